The highest BCUT2D eigenvalue weighted by Gasteiger charge is 2.15. The normalized spacial score (nSPS) is 10.1. The zero-order valence-electron chi connectivity index (χ0n) is 6.14. The molecule has 4 heteroatoms. The van der Waals surface area contributed by atoms with Crippen LogP contribution >= 0.6 is 27.3 Å². The van der Waals surface area contributed by atoms with Gasteiger partial charge in [0.15, 0.2) is 0 Å². The highest BCUT2D eigenvalue weighted by molar-refractivity contribution is 9.11. The second kappa shape index (κ2) is 2.95. The van der Waals surface area contributed by atoms with E-state index in [9.17, 15) is 4.79 Å². The lowest BCUT2D eigenvalue weighted by atomic mass is 10.2. The average molecular weight is 235 g/mol. The van der Waals surface area contributed by atoms with Gasteiger partial charge in [-0.05, 0) is 35.3 Å². The number of aromatic carboxylic acids is 1. The summed E-state index contributed by atoms with van der Waals surface area (Å²) in [5.74, 6) is -0.862. The smallest absolute Gasteiger partial charge is 0.337 e. The summed E-state index contributed by atoms with van der Waals surface area (Å²) in [4.78, 5) is 11.7. The van der Waals surface area contributed by atoms with Crippen LogP contribution in [-0.4, -0.2) is 11.1 Å². The van der Waals surface area contributed by atoms with Gasteiger partial charge < -0.3 is 5.11 Å². The molecule has 1 heterocycles. The first-order valence-electron chi connectivity index (χ1n) is 3.02. The lowest BCUT2D eigenvalue weighted by Gasteiger charge is -1.91. The first-order chi connectivity index (χ1) is 5.04. The molecule has 0 saturated heterocycles. The molecule has 0 aromatic carbocycles. The van der Waals surface area contributed by atoms with Crippen molar-refractivity contribution in [1.82, 2.24) is 0 Å². The van der Waals surface area contributed by atoms with Gasteiger partial charge in [0.25, 0.3) is 0 Å². The van der Waals surface area contributed by atoms with Crippen molar-refractivity contribution < 1.29 is 9.90 Å². The molecular formula is C7H7BrO2S. The highest BCUT2D eigenvalue weighted by atomic mass is 79.9. The molecule has 1 rings (SSSR count). The third-order valence-corrected chi connectivity index (χ3v) is 3.43. The maximum Gasteiger partial charge on any atom is 0.337 e. The SMILES string of the molecule is Cc1sc(Br)c(C(=O)O)c1C. The highest BCUT2D eigenvalue weighted by Crippen LogP contribution is 2.31. The van der Waals surface area contributed by atoms with E-state index in [4.69, 9.17) is 5.11 Å². The Hall–Kier alpha value is -0.350. The summed E-state index contributed by atoms with van der Waals surface area (Å²) >= 11 is 4.67. The number of hydrogen-bond acceptors (Lipinski definition) is 2. The van der Waals surface area contributed by atoms with E-state index in [1.807, 2.05) is 13.8 Å². The molecule has 60 valence electrons. The topological polar surface area (TPSA) is 37.3 Å². The quantitative estimate of drug-likeness (QED) is 0.812. The Balaban J connectivity index is 3.34. The number of rotatable bonds is 1. The molecule has 1 aromatic rings. The third kappa shape index (κ3) is 1.46. The molecule has 0 unspecified atom stereocenters. The molecule has 1 N–H and O–H groups in total. The first-order valence-corrected chi connectivity index (χ1v) is 4.63. The van der Waals surface area contributed by atoms with Gasteiger partial charge in [0.05, 0.1) is 9.35 Å². The Morgan fingerprint density at radius 2 is 2.09 bits per heavy atom. The van der Waals surface area contributed by atoms with Crippen LogP contribution in [0, 0.1) is 13.8 Å². The molecule has 2 nitrogen and oxygen atoms in total. The van der Waals surface area contributed by atoms with Crippen molar-refractivity contribution in [2.45, 2.75) is 13.8 Å². The summed E-state index contributed by atoms with van der Waals surface area (Å²) in [7, 11) is 0. The van der Waals surface area contributed by atoms with E-state index < -0.39 is 5.97 Å². The zero-order valence-corrected chi connectivity index (χ0v) is 8.54. The molecule has 0 spiro atoms. The average Bonchev–Trinajstić information content (AvgIpc) is 2.07. The van der Waals surface area contributed by atoms with Crippen LogP contribution in [0.4, 0.5) is 0 Å². The molecular weight excluding hydrogens is 228 g/mol. The van der Waals surface area contributed by atoms with Crippen LogP contribution in [0.1, 0.15) is 20.8 Å². The maximum atomic E-state index is 10.6. The predicted octanol–water partition coefficient (Wildman–Crippen LogP) is 2.83. The molecule has 0 bridgehead atoms. The number of thiophene rings is 1. The molecule has 11 heavy (non-hydrogen) atoms. The van der Waals surface area contributed by atoms with Crippen molar-refractivity contribution in [3.05, 3.63) is 19.8 Å². The second-order valence-corrected chi connectivity index (χ2v) is 4.78. The van der Waals surface area contributed by atoms with Crippen LogP contribution in [0.5, 0.6) is 0 Å². The number of carboxylic acids is 1. The van der Waals surface area contributed by atoms with Crippen LogP contribution in [-0.2, 0) is 0 Å². The number of aryl methyl sites for hydroxylation is 1. The summed E-state index contributed by atoms with van der Waals surface area (Å²) in [6.45, 7) is 3.73. The minimum absolute atomic E-state index is 0.396. The van der Waals surface area contributed by atoms with E-state index >= 15 is 0 Å². The summed E-state index contributed by atoms with van der Waals surface area (Å²) in [5, 5.41) is 8.74. The minimum Gasteiger partial charge on any atom is -0.478 e. The minimum atomic E-state index is -0.862. The van der Waals surface area contributed by atoms with Gasteiger partial charge >= 0.3 is 5.97 Å². The third-order valence-electron chi connectivity index (χ3n) is 1.56. The maximum absolute atomic E-state index is 10.6. The van der Waals surface area contributed by atoms with Gasteiger partial charge in [-0.15, -0.1) is 11.3 Å². The fourth-order valence-electron chi connectivity index (χ4n) is 0.830. The van der Waals surface area contributed by atoms with Crippen LogP contribution in [0.2, 0.25) is 0 Å². The summed E-state index contributed by atoms with van der Waals surface area (Å²) in [5.41, 5.74) is 1.25. The Bertz CT molecular complexity index is 304. The molecule has 0 radical (unpaired) electrons. The number of carbonyl (C=O) groups is 1. The molecule has 0 amide bonds. The fourth-order valence-corrected chi connectivity index (χ4v) is 2.89. The van der Waals surface area contributed by atoms with E-state index in [1.165, 1.54) is 11.3 Å². The fraction of sp³-hybridized carbons (Fsp3) is 0.286. The van der Waals surface area contributed by atoms with Gasteiger partial charge in [-0.2, -0.15) is 0 Å². The van der Waals surface area contributed by atoms with Crippen molar-refractivity contribution in [1.29, 1.82) is 0 Å². The van der Waals surface area contributed by atoms with E-state index in [-0.39, 0.29) is 0 Å². The van der Waals surface area contributed by atoms with Crippen molar-refractivity contribution in [2.75, 3.05) is 0 Å². The van der Waals surface area contributed by atoms with Crippen LogP contribution < -0.4 is 0 Å². The molecule has 0 saturated carbocycles. The van der Waals surface area contributed by atoms with Crippen molar-refractivity contribution in [3.8, 4) is 0 Å². The number of halogens is 1. The van der Waals surface area contributed by atoms with Gasteiger partial charge in [0, 0.05) is 4.88 Å². The van der Waals surface area contributed by atoms with Crippen LogP contribution in [0.25, 0.3) is 0 Å². The predicted molar refractivity (Wildman–Crippen MR) is 48.5 cm³/mol. The standard InChI is InChI=1S/C7H7BrO2S/c1-3-4(2)11-6(8)5(3)7(9)10/h1-2H3,(H,9,10). The lowest BCUT2D eigenvalue weighted by molar-refractivity contribution is 0.0696. The van der Waals surface area contributed by atoms with Gasteiger partial charge in [0.1, 0.15) is 0 Å². The first kappa shape index (κ1) is 8.74. The van der Waals surface area contributed by atoms with Crippen molar-refractivity contribution in [3.63, 3.8) is 0 Å². The van der Waals surface area contributed by atoms with Crippen molar-refractivity contribution in [2.24, 2.45) is 0 Å². The van der Waals surface area contributed by atoms with Crippen molar-refractivity contribution >= 4 is 33.2 Å². The zero-order chi connectivity index (χ0) is 8.59. The van der Waals surface area contributed by atoms with E-state index in [1.54, 1.807) is 0 Å². The molecule has 0 aliphatic rings. The van der Waals surface area contributed by atoms with Gasteiger partial charge in [-0.3, -0.25) is 0 Å². The monoisotopic (exact) mass is 234 g/mol. The molecule has 1 aromatic heterocycles. The van der Waals surface area contributed by atoms with E-state index in [0.29, 0.717) is 9.35 Å². The van der Waals surface area contributed by atoms with Gasteiger partial charge in [0.2, 0.25) is 0 Å². The van der Waals surface area contributed by atoms with Crippen LogP contribution in [0.15, 0.2) is 3.79 Å². The Morgan fingerprint density at radius 3 is 2.27 bits per heavy atom. The largest absolute Gasteiger partial charge is 0.478 e. The van der Waals surface area contributed by atoms with Crippen LogP contribution in [0.3, 0.4) is 0 Å². The lowest BCUT2D eigenvalue weighted by Crippen LogP contribution is -1.97. The number of carboxylic acid groups (broad SMARTS) is 1. The summed E-state index contributed by atoms with van der Waals surface area (Å²) in [6, 6.07) is 0. The Morgan fingerprint density at radius 1 is 1.55 bits per heavy atom. The Kier molecular flexibility index (Phi) is 2.34. The van der Waals surface area contributed by atoms with Gasteiger partial charge in [-0.25, -0.2) is 4.79 Å². The molecule has 0 fully saturated rings. The Labute approximate surface area is 77.0 Å². The molecule has 0 aliphatic heterocycles. The number of hydrogen-bond donors (Lipinski definition) is 1. The van der Waals surface area contributed by atoms with E-state index in [2.05, 4.69) is 15.9 Å². The summed E-state index contributed by atoms with van der Waals surface area (Å²) in [6.07, 6.45) is 0. The second-order valence-electron chi connectivity index (χ2n) is 2.24. The van der Waals surface area contributed by atoms with Gasteiger partial charge in [-0.1, -0.05) is 0 Å². The molecule has 0 aliphatic carbocycles. The summed E-state index contributed by atoms with van der Waals surface area (Å²) < 4.78 is 0.708. The molecule has 0 atom stereocenters. The van der Waals surface area contributed by atoms with E-state index in [0.717, 1.165) is 10.4 Å².